The van der Waals surface area contributed by atoms with Crippen molar-refractivity contribution in [2.24, 2.45) is 0 Å². The molecule has 7 nitrogen and oxygen atoms in total. The molecule has 1 aromatic carbocycles. The highest BCUT2D eigenvalue weighted by atomic mass is 32.2. The number of amides is 1. The molecule has 8 heteroatoms. The van der Waals surface area contributed by atoms with Crippen molar-refractivity contribution in [3.8, 4) is 0 Å². The molecule has 114 valence electrons. The Morgan fingerprint density at radius 3 is 2.48 bits per heavy atom. The van der Waals surface area contributed by atoms with Gasteiger partial charge >= 0.3 is 5.97 Å². The Balaban J connectivity index is 2.23. The monoisotopic (exact) mass is 312 g/mol. The summed E-state index contributed by atoms with van der Waals surface area (Å²) >= 11 is 0. The second-order valence-electron chi connectivity index (χ2n) is 4.92. The van der Waals surface area contributed by atoms with E-state index in [1.165, 1.54) is 12.1 Å². The highest BCUT2D eigenvalue weighted by molar-refractivity contribution is 7.94. The van der Waals surface area contributed by atoms with Gasteiger partial charge < -0.3 is 10.4 Å². The second kappa shape index (κ2) is 5.72. The first-order valence-corrected chi connectivity index (χ1v) is 8.00. The summed E-state index contributed by atoms with van der Waals surface area (Å²) in [7, 11) is -4.11. The summed E-state index contributed by atoms with van der Waals surface area (Å²) in [6.07, 6.45) is 1.82. The summed E-state index contributed by atoms with van der Waals surface area (Å²) in [5, 5.41) is 9.95. The zero-order valence-electron chi connectivity index (χ0n) is 11.4. The van der Waals surface area contributed by atoms with Crippen molar-refractivity contribution in [1.29, 1.82) is 0 Å². The molecule has 1 fully saturated rings. The SMILES string of the molecule is CC(C(=O)O)S(=O)(=O)Nc1ccccc1C(=O)NC1CC1. The Bertz CT molecular complexity index is 667. The number of rotatable bonds is 6. The van der Waals surface area contributed by atoms with E-state index in [1.807, 2.05) is 0 Å². The number of carboxylic acids is 1. The van der Waals surface area contributed by atoms with Gasteiger partial charge in [0.15, 0.2) is 5.25 Å². The van der Waals surface area contributed by atoms with Crippen molar-refractivity contribution in [1.82, 2.24) is 5.32 Å². The molecule has 1 saturated carbocycles. The molecule has 1 aliphatic rings. The minimum Gasteiger partial charge on any atom is -0.480 e. The van der Waals surface area contributed by atoms with E-state index in [0.717, 1.165) is 19.8 Å². The lowest BCUT2D eigenvalue weighted by atomic mass is 10.1. The van der Waals surface area contributed by atoms with E-state index < -0.39 is 21.2 Å². The van der Waals surface area contributed by atoms with Crippen LogP contribution >= 0.6 is 0 Å². The third-order valence-electron chi connectivity index (χ3n) is 3.15. The molecule has 0 radical (unpaired) electrons. The van der Waals surface area contributed by atoms with Crippen molar-refractivity contribution in [3.05, 3.63) is 29.8 Å². The van der Waals surface area contributed by atoms with Gasteiger partial charge in [-0.3, -0.25) is 14.3 Å². The van der Waals surface area contributed by atoms with Crippen LogP contribution in [0.1, 0.15) is 30.1 Å². The first-order chi connectivity index (χ1) is 9.81. The third-order valence-corrected chi connectivity index (χ3v) is 4.79. The van der Waals surface area contributed by atoms with Crippen LogP contribution in [-0.4, -0.2) is 36.7 Å². The second-order valence-corrected chi connectivity index (χ2v) is 6.92. The number of hydrogen-bond donors (Lipinski definition) is 3. The van der Waals surface area contributed by atoms with Crippen LogP contribution in [0, 0.1) is 0 Å². The van der Waals surface area contributed by atoms with Gasteiger partial charge in [-0.05, 0) is 31.9 Å². The Labute approximate surface area is 122 Å². The molecule has 2 rings (SSSR count). The van der Waals surface area contributed by atoms with Crippen LogP contribution in [0.4, 0.5) is 5.69 Å². The molecule has 1 atom stereocenters. The van der Waals surface area contributed by atoms with Crippen molar-refractivity contribution in [2.45, 2.75) is 31.1 Å². The van der Waals surface area contributed by atoms with E-state index in [2.05, 4.69) is 10.0 Å². The van der Waals surface area contributed by atoms with Crippen LogP contribution in [-0.2, 0) is 14.8 Å². The van der Waals surface area contributed by atoms with Crippen LogP contribution in [0.25, 0.3) is 0 Å². The number of carbonyl (C=O) groups excluding carboxylic acids is 1. The van der Waals surface area contributed by atoms with E-state index in [0.29, 0.717) is 0 Å². The number of carbonyl (C=O) groups is 2. The molecule has 1 aromatic rings. The molecule has 0 bridgehead atoms. The van der Waals surface area contributed by atoms with Gasteiger partial charge in [0, 0.05) is 6.04 Å². The molecule has 21 heavy (non-hydrogen) atoms. The van der Waals surface area contributed by atoms with Crippen LogP contribution in [0.15, 0.2) is 24.3 Å². The number of aliphatic carboxylic acids is 1. The first kappa shape index (κ1) is 15.3. The van der Waals surface area contributed by atoms with Crippen molar-refractivity contribution >= 4 is 27.6 Å². The van der Waals surface area contributed by atoms with Crippen molar-refractivity contribution < 1.29 is 23.1 Å². The summed E-state index contributed by atoms with van der Waals surface area (Å²) in [5.74, 6) is -1.83. The van der Waals surface area contributed by atoms with Crippen LogP contribution < -0.4 is 10.0 Å². The van der Waals surface area contributed by atoms with Gasteiger partial charge in [0.1, 0.15) is 0 Å². The van der Waals surface area contributed by atoms with Crippen molar-refractivity contribution in [2.75, 3.05) is 4.72 Å². The van der Waals surface area contributed by atoms with Gasteiger partial charge in [-0.25, -0.2) is 8.42 Å². The summed E-state index contributed by atoms with van der Waals surface area (Å²) in [6.45, 7) is 1.07. The number of nitrogens with one attached hydrogen (secondary N) is 2. The summed E-state index contributed by atoms with van der Waals surface area (Å²) < 4.78 is 26.0. The molecule has 0 saturated heterocycles. The molecule has 1 aliphatic carbocycles. The predicted octanol–water partition coefficient (Wildman–Crippen LogP) is 0.794. The van der Waals surface area contributed by atoms with Crippen LogP contribution in [0.3, 0.4) is 0 Å². The average Bonchev–Trinajstić information content (AvgIpc) is 3.21. The molecule has 1 amide bonds. The van der Waals surface area contributed by atoms with E-state index in [4.69, 9.17) is 5.11 Å². The van der Waals surface area contributed by atoms with Gasteiger partial charge in [0.05, 0.1) is 11.3 Å². The van der Waals surface area contributed by atoms with E-state index in [-0.39, 0.29) is 23.2 Å². The predicted molar refractivity (Wildman–Crippen MR) is 76.6 cm³/mol. The number of anilines is 1. The van der Waals surface area contributed by atoms with E-state index in [1.54, 1.807) is 12.1 Å². The standard InChI is InChI=1S/C13H16N2O5S/c1-8(13(17)18)21(19,20)15-11-5-3-2-4-10(11)12(16)14-9-6-7-9/h2-5,8-9,15H,6-7H2,1H3,(H,14,16)(H,17,18). The zero-order valence-corrected chi connectivity index (χ0v) is 12.2. The minimum atomic E-state index is -4.11. The molecule has 0 aliphatic heterocycles. The molecular formula is C13H16N2O5S. The zero-order chi connectivity index (χ0) is 15.6. The maximum Gasteiger partial charge on any atom is 0.323 e. The summed E-state index contributed by atoms with van der Waals surface area (Å²) in [4.78, 5) is 22.9. The Hall–Kier alpha value is -2.09. The first-order valence-electron chi connectivity index (χ1n) is 6.45. The molecule has 3 N–H and O–H groups in total. The Morgan fingerprint density at radius 2 is 1.90 bits per heavy atom. The normalized spacial score (nSPS) is 16.0. The van der Waals surface area contributed by atoms with E-state index >= 15 is 0 Å². The Kier molecular flexibility index (Phi) is 4.17. The fourth-order valence-corrected chi connectivity index (χ4v) is 2.56. The number of hydrogen-bond acceptors (Lipinski definition) is 4. The Morgan fingerprint density at radius 1 is 1.29 bits per heavy atom. The van der Waals surface area contributed by atoms with Crippen LogP contribution in [0.2, 0.25) is 0 Å². The fraction of sp³-hybridized carbons (Fsp3) is 0.385. The van der Waals surface area contributed by atoms with Gasteiger partial charge in [-0.1, -0.05) is 12.1 Å². The maximum atomic E-state index is 12.0. The number of sulfonamides is 1. The molecule has 0 spiro atoms. The minimum absolute atomic E-state index is 0.0729. The maximum absolute atomic E-state index is 12.0. The number of carboxylic acid groups (broad SMARTS) is 1. The lowest BCUT2D eigenvalue weighted by Gasteiger charge is -2.14. The lowest BCUT2D eigenvalue weighted by Crippen LogP contribution is -2.33. The van der Waals surface area contributed by atoms with Crippen LogP contribution in [0.5, 0.6) is 0 Å². The van der Waals surface area contributed by atoms with Gasteiger partial charge in [-0.15, -0.1) is 0 Å². The highest BCUT2D eigenvalue weighted by Crippen LogP contribution is 2.22. The summed E-state index contributed by atoms with van der Waals surface area (Å²) in [5.41, 5.74) is 0.245. The smallest absolute Gasteiger partial charge is 0.323 e. The number of para-hydroxylation sites is 1. The highest BCUT2D eigenvalue weighted by Gasteiger charge is 2.29. The van der Waals surface area contributed by atoms with Gasteiger partial charge in [0.2, 0.25) is 10.0 Å². The molecular weight excluding hydrogens is 296 g/mol. The largest absolute Gasteiger partial charge is 0.480 e. The lowest BCUT2D eigenvalue weighted by molar-refractivity contribution is -0.136. The fourth-order valence-electron chi connectivity index (χ4n) is 1.64. The summed E-state index contributed by atoms with van der Waals surface area (Å²) in [6, 6.07) is 6.23. The molecule has 0 aromatic heterocycles. The topological polar surface area (TPSA) is 113 Å². The van der Waals surface area contributed by atoms with Gasteiger partial charge in [0.25, 0.3) is 5.91 Å². The van der Waals surface area contributed by atoms with E-state index in [9.17, 15) is 18.0 Å². The van der Waals surface area contributed by atoms with Gasteiger partial charge in [-0.2, -0.15) is 0 Å². The molecule has 1 unspecified atom stereocenters. The average molecular weight is 312 g/mol. The van der Waals surface area contributed by atoms with Crippen molar-refractivity contribution in [3.63, 3.8) is 0 Å². The third kappa shape index (κ3) is 3.72. The number of benzene rings is 1. The molecule has 0 heterocycles. The quantitative estimate of drug-likeness (QED) is 0.719.